The number of methoxy groups -OCH3 is 1. The van der Waals surface area contributed by atoms with E-state index in [2.05, 4.69) is 6.58 Å². The number of benzene rings is 1. The molecule has 0 saturated heterocycles. The lowest BCUT2D eigenvalue weighted by atomic mass is 10.0. The highest BCUT2D eigenvalue weighted by Crippen LogP contribution is 2.25. The topological polar surface area (TPSA) is 26.3 Å². The maximum Gasteiger partial charge on any atom is 0.170 e. The van der Waals surface area contributed by atoms with Gasteiger partial charge in [-0.15, -0.1) is 0 Å². The standard InChI is InChI=1S/C13H15ClO2/c1-4-9(2)7-12(15)11-6-5-10(14)8-13(11)16-3/h5-6,8H,2,4,7H2,1,3H3. The highest BCUT2D eigenvalue weighted by atomic mass is 35.5. The molecule has 1 rings (SSSR count). The first-order valence-electron chi connectivity index (χ1n) is 5.11. The van der Waals surface area contributed by atoms with Gasteiger partial charge in [0.2, 0.25) is 0 Å². The number of carbonyl (C=O) groups is 1. The van der Waals surface area contributed by atoms with Gasteiger partial charge in [-0.05, 0) is 24.6 Å². The van der Waals surface area contributed by atoms with Gasteiger partial charge < -0.3 is 4.74 Å². The Morgan fingerprint density at radius 2 is 2.19 bits per heavy atom. The largest absolute Gasteiger partial charge is 0.496 e. The molecule has 1 aromatic carbocycles. The van der Waals surface area contributed by atoms with Crippen LogP contribution in [0, 0.1) is 0 Å². The summed E-state index contributed by atoms with van der Waals surface area (Å²) in [5, 5.41) is 0.558. The van der Waals surface area contributed by atoms with Crippen molar-refractivity contribution < 1.29 is 9.53 Å². The fraction of sp³-hybridized carbons (Fsp3) is 0.308. The highest BCUT2D eigenvalue weighted by Gasteiger charge is 2.13. The molecule has 0 aliphatic heterocycles. The van der Waals surface area contributed by atoms with Gasteiger partial charge in [-0.1, -0.05) is 30.7 Å². The smallest absolute Gasteiger partial charge is 0.170 e. The van der Waals surface area contributed by atoms with E-state index in [0.29, 0.717) is 22.8 Å². The van der Waals surface area contributed by atoms with Gasteiger partial charge in [0.15, 0.2) is 5.78 Å². The van der Waals surface area contributed by atoms with Crippen LogP contribution in [0.25, 0.3) is 0 Å². The Balaban J connectivity index is 2.94. The summed E-state index contributed by atoms with van der Waals surface area (Å²) in [6.45, 7) is 5.80. The van der Waals surface area contributed by atoms with E-state index in [9.17, 15) is 4.79 Å². The second-order valence-corrected chi connectivity index (χ2v) is 3.98. The number of ether oxygens (including phenoxy) is 1. The molecule has 0 aliphatic carbocycles. The van der Waals surface area contributed by atoms with E-state index in [1.165, 1.54) is 7.11 Å². The van der Waals surface area contributed by atoms with Crippen LogP contribution in [-0.4, -0.2) is 12.9 Å². The van der Waals surface area contributed by atoms with E-state index in [0.717, 1.165) is 12.0 Å². The van der Waals surface area contributed by atoms with E-state index in [4.69, 9.17) is 16.3 Å². The molecule has 0 unspecified atom stereocenters. The van der Waals surface area contributed by atoms with Crippen molar-refractivity contribution >= 4 is 17.4 Å². The molecule has 0 saturated carbocycles. The predicted octanol–water partition coefficient (Wildman–Crippen LogP) is 3.89. The van der Waals surface area contributed by atoms with Crippen LogP contribution >= 0.6 is 11.6 Å². The summed E-state index contributed by atoms with van der Waals surface area (Å²) in [6, 6.07) is 5.02. The molecule has 3 heteroatoms. The lowest BCUT2D eigenvalue weighted by molar-refractivity contribution is 0.0989. The third kappa shape index (κ3) is 3.11. The maximum atomic E-state index is 11.9. The summed E-state index contributed by atoms with van der Waals surface area (Å²) < 4.78 is 5.13. The minimum absolute atomic E-state index is 0.0142. The fourth-order valence-electron chi connectivity index (χ4n) is 1.34. The molecule has 1 aromatic rings. The van der Waals surface area contributed by atoms with E-state index in [1.54, 1.807) is 18.2 Å². The zero-order valence-electron chi connectivity index (χ0n) is 9.55. The third-order valence-corrected chi connectivity index (χ3v) is 2.61. The van der Waals surface area contributed by atoms with Crippen LogP contribution < -0.4 is 4.74 Å². The van der Waals surface area contributed by atoms with E-state index >= 15 is 0 Å². The monoisotopic (exact) mass is 238 g/mol. The zero-order chi connectivity index (χ0) is 12.1. The van der Waals surface area contributed by atoms with Gasteiger partial charge in [-0.3, -0.25) is 4.79 Å². The number of ketones is 1. The first-order chi connectivity index (χ1) is 7.58. The molecule has 0 aliphatic rings. The number of allylic oxidation sites excluding steroid dienone is 1. The van der Waals surface area contributed by atoms with Crippen molar-refractivity contribution in [1.29, 1.82) is 0 Å². The van der Waals surface area contributed by atoms with Crippen molar-refractivity contribution in [2.75, 3.05) is 7.11 Å². The summed E-state index contributed by atoms with van der Waals surface area (Å²) in [5.41, 5.74) is 1.48. The quantitative estimate of drug-likeness (QED) is 0.575. The molecule has 0 aromatic heterocycles. The molecule has 16 heavy (non-hydrogen) atoms. The van der Waals surface area contributed by atoms with Crippen molar-refractivity contribution in [3.05, 3.63) is 40.9 Å². The molecule has 0 atom stereocenters. The van der Waals surface area contributed by atoms with Crippen molar-refractivity contribution in [2.45, 2.75) is 19.8 Å². The number of rotatable bonds is 5. The fourth-order valence-corrected chi connectivity index (χ4v) is 1.50. The molecule has 86 valence electrons. The van der Waals surface area contributed by atoms with Crippen molar-refractivity contribution in [3.8, 4) is 5.75 Å². The van der Waals surface area contributed by atoms with Crippen LogP contribution in [-0.2, 0) is 0 Å². The average molecular weight is 239 g/mol. The van der Waals surface area contributed by atoms with Gasteiger partial charge in [0.25, 0.3) is 0 Å². The normalized spacial score (nSPS) is 9.94. The summed E-state index contributed by atoms with van der Waals surface area (Å²) >= 11 is 5.82. The number of hydrogen-bond donors (Lipinski definition) is 0. The lowest BCUT2D eigenvalue weighted by Gasteiger charge is -2.08. The highest BCUT2D eigenvalue weighted by molar-refractivity contribution is 6.30. The van der Waals surface area contributed by atoms with E-state index in [1.807, 2.05) is 6.92 Å². The molecular weight excluding hydrogens is 224 g/mol. The van der Waals surface area contributed by atoms with E-state index < -0.39 is 0 Å². The Hall–Kier alpha value is -1.28. The van der Waals surface area contributed by atoms with Gasteiger partial charge in [-0.2, -0.15) is 0 Å². The average Bonchev–Trinajstić information content (AvgIpc) is 2.28. The molecule has 0 bridgehead atoms. The molecule has 0 heterocycles. The Labute approximate surface area is 101 Å². The molecule has 0 fully saturated rings. The summed E-state index contributed by atoms with van der Waals surface area (Å²) in [4.78, 5) is 11.9. The summed E-state index contributed by atoms with van der Waals surface area (Å²) in [5.74, 6) is 0.529. The Bertz CT molecular complexity index is 410. The van der Waals surface area contributed by atoms with Gasteiger partial charge in [0, 0.05) is 11.4 Å². The van der Waals surface area contributed by atoms with Crippen LogP contribution in [0.1, 0.15) is 30.1 Å². The van der Waals surface area contributed by atoms with Gasteiger partial charge >= 0.3 is 0 Å². The van der Waals surface area contributed by atoms with Crippen LogP contribution in [0.2, 0.25) is 5.02 Å². The van der Waals surface area contributed by atoms with Crippen molar-refractivity contribution in [1.82, 2.24) is 0 Å². The van der Waals surface area contributed by atoms with Crippen molar-refractivity contribution in [3.63, 3.8) is 0 Å². The minimum atomic E-state index is 0.0142. The predicted molar refractivity (Wildman–Crippen MR) is 66.4 cm³/mol. The first kappa shape index (κ1) is 12.8. The molecule has 0 amide bonds. The second-order valence-electron chi connectivity index (χ2n) is 3.55. The van der Waals surface area contributed by atoms with Crippen LogP contribution in [0.5, 0.6) is 5.75 Å². The second kappa shape index (κ2) is 5.71. The lowest BCUT2D eigenvalue weighted by Crippen LogP contribution is -2.03. The Morgan fingerprint density at radius 3 is 2.75 bits per heavy atom. The summed E-state index contributed by atoms with van der Waals surface area (Å²) in [7, 11) is 1.52. The van der Waals surface area contributed by atoms with Gasteiger partial charge in [0.1, 0.15) is 5.75 Å². The maximum absolute atomic E-state index is 11.9. The van der Waals surface area contributed by atoms with E-state index in [-0.39, 0.29) is 5.78 Å². The molecule has 0 radical (unpaired) electrons. The van der Waals surface area contributed by atoms with Crippen molar-refractivity contribution in [2.24, 2.45) is 0 Å². The number of Topliss-reactive ketones (excluding diaryl/α,β-unsaturated/α-hetero) is 1. The molecule has 0 spiro atoms. The summed E-state index contributed by atoms with van der Waals surface area (Å²) in [6.07, 6.45) is 1.16. The molecular formula is C13H15ClO2. The number of hydrogen-bond acceptors (Lipinski definition) is 2. The Kier molecular flexibility index (Phi) is 4.56. The van der Waals surface area contributed by atoms with Gasteiger partial charge in [-0.25, -0.2) is 0 Å². The Morgan fingerprint density at radius 1 is 1.50 bits per heavy atom. The number of halogens is 1. The van der Waals surface area contributed by atoms with Crippen LogP contribution in [0.15, 0.2) is 30.4 Å². The third-order valence-electron chi connectivity index (χ3n) is 2.37. The van der Waals surface area contributed by atoms with Crippen LogP contribution in [0.3, 0.4) is 0 Å². The SMILES string of the molecule is C=C(CC)CC(=O)c1ccc(Cl)cc1OC. The number of carbonyl (C=O) groups excluding carboxylic acids is 1. The van der Waals surface area contributed by atoms with Gasteiger partial charge in [0.05, 0.1) is 12.7 Å². The molecule has 2 nitrogen and oxygen atoms in total. The first-order valence-corrected chi connectivity index (χ1v) is 5.49. The minimum Gasteiger partial charge on any atom is -0.496 e. The zero-order valence-corrected chi connectivity index (χ0v) is 10.3. The van der Waals surface area contributed by atoms with Crippen LogP contribution in [0.4, 0.5) is 0 Å². The molecule has 0 N–H and O–H groups in total.